The zero-order valence-electron chi connectivity index (χ0n) is 18.9. The largest absolute Gasteiger partial charge is 0.343 e. The van der Waals surface area contributed by atoms with Crippen LogP contribution < -0.4 is 5.32 Å². The predicted molar refractivity (Wildman–Crippen MR) is 119 cm³/mol. The number of piperidine rings is 2. The summed E-state index contributed by atoms with van der Waals surface area (Å²) in [5.74, 6) is -0.106. The molecule has 5 amide bonds. The van der Waals surface area contributed by atoms with E-state index in [0.717, 1.165) is 17.5 Å². The summed E-state index contributed by atoms with van der Waals surface area (Å²) in [5, 5.41) is 2.93. The highest BCUT2D eigenvalue weighted by atomic mass is 16.2. The quantitative estimate of drug-likeness (QED) is 0.724. The Bertz CT molecular complexity index is 922. The van der Waals surface area contributed by atoms with Crippen molar-refractivity contribution in [3.8, 4) is 0 Å². The van der Waals surface area contributed by atoms with Gasteiger partial charge in [0.15, 0.2) is 0 Å². The number of carbonyl (C=O) groups excluding carboxylic acids is 4. The van der Waals surface area contributed by atoms with Gasteiger partial charge in [-0.1, -0.05) is 31.2 Å². The number of urea groups is 1. The lowest BCUT2D eigenvalue weighted by Crippen LogP contribution is -2.57. The van der Waals surface area contributed by atoms with E-state index in [1.807, 2.05) is 38.1 Å². The molecule has 3 fully saturated rings. The molecule has 3 aliphatic rings. The van der Waals surface area contributed by atoms with Gasteiger partial charge in [-0.3, -0.25) is 19.3 Å². The minimum absolute atomic E-state index is 0.0251. The average molecular weight is 441 g/mol. The second-order valence-electron chi connectivity index (χ2n) is 9.16. The van der Waals surface area contributed by atoms with E-state index < -0.39 is 5.54 Å². The van der Waals surface area contributed by atoms with Gasteiger partial charge in [0.1, 0.15) is 5.54 Å². The predicted octanol–water partition coefficient (Wildman–Crippen LogP) is 1.85. The summed E-state index contributed by atoms with van der Waals surface area (Å²) in [4.78, 5) is 56.1. The highest BCUT2D eigenvalue weighted by Gasteiger charge is 2.54. The molecular weight excluding hydrogens is 408 g/mol. The summed E-state index contributed by atoms with van der Waals surface area (Å²) >= 11 is 0. The molecule has 172 valence electrons. The monoisotopic (exact) mass is 440 g/mol. The third-order valence-electron chi connectivity index (χ3n) is 7.18. The van der Waals surface area contributed by atoms with Gasteiger partial charge in [-0.15, -0.1) is 0 Å². The molecule has 0 bridgehead atoms. The maximum atomic E-state index is 13.4. The number of likely N-dealkylation sites (tertiary alicyclic amines) is 2. The van der Waals surface area contributed by atoms with Gasteiger partial charge in [0.05, 0.1) is 12.5 Å². The Hall–Kier alpha value is -2.90. The summed E-state index contributed by atoms with van der Waals surface area (Å²) in [7, 11) is 0. The fourth-order valence-corrected chi connectivity index (χ4v) is 5.15. The van der Waals surface area contributed by atoms with Gasteiger partial charge < -0.3 is 15.1 Å². The van der Waals surface area contributed by atoms with Gasteiger partial charge in [-0.05, 0) is 43.7 Å². The van der Waals surface area contributed by atoms with Crippen molar-refractivity contribution in [2.45, 2.75) is 64.0 Å². The van der Waals surface area contributed by atoms with Crippen LogP contribution in [0.15, 0.2) is 24.3 Å². The Morgan fingerprint density at radius 2 is 1.78 bits per heavy atom. The van der Waals surface area contributed by atoms with E-state index in [4.69, 9.17) is 0 Å². The third-order valence-corrected chi connectivity index (χ3v) is 7.18. The van der Waals surface area contributed by atoms with Gasteiger partial charge in [-0.2, -0.15) is 0 Å². The van der Waals surface area contributed by atoms with Crippen LogP contribution in [-0.4, -0.2) is 76.2 Å². The molecule has 0 aromatic heterocycles. The normalized spacial score (nSPS) is 22.9. The van der Waals surface area contributed by atoms with Crippen molar-refractivity contribution in [2.24, 2.45) is 0 Å². The number of hydrogen-bond acceptors (Lipinski definition) is 4. The molecule has 8 heteroatoms. The summed E-state index contributed by atoms with van der Waals surface area (Å²) in [5.41, 5.74) is 1.16. The summed E-state index contributed by atoms with van der Waals surface area (Å²) in [6, 6.07) is 7.16. The van der Waals surface area contributed by atoms with Gasteiger partial charge in [-0.25, -0.2) is 4.79 Å². The molecule has 1 N–H and O–H groups in total. The molecule has 1 aromatic rings. The molecule has 32 heavy (non-hydrogen) atoms. The van der Waals surface area contributed by atoms with Crippen LogP contribution in [0, 0.1) is 6.92 Å². The lowest BCUT2D eigenvalue weighted by molar-refractivity contribution is -0.141. The number of imide groups is 1. The lowest BCUT2D eigenvalue weighted by atomic mass is 9.87. The van der Waals surface area contributed by atoms with Crippen molar-refractivity contribution in [1.29, 1.82) is 0 Å². The highest BCUT2D eigenvalue weighted by molar-refractivity contribution is 6.07. The van der Waals surface area contributed by atoms with Crippen LogP contribution in [0.2, 0.25) is 0 Å². The van der Waals surface area contributed by atoms with Gasteiger partial charge >= 0.3 is 6.03 Å². The van der Waals surface area contributed by atoms with Crippen LogP contribution in [0.1, 0.15) is 50.2 Å². The first-order chi connectivity index (χ1) is 15.3. The molecule has 3 heterocycles. The minimum atomic E-state index is -0.922. The molecule has 4 rings (SSSR count). The topological polar surface area (TPSA) is 90.0 Å². The summed E-state index contributed by atoms with van der Waals surface area (Å²) in [6.45, 7) is 5.78. The van der Waals surface area contributed by atoms with E-state index in [1.54, 1.807) is 9.80 Å². The number of benzene rings is 1. The first-order valence-electron chi connectivity index (χ1n) is 11.6. The van der Waals surface area contributed by atoms with Crippen molar-refractivity contribution < 1.29 is 19.2 Å². The zero-order chi connectivity index (χ0) is 22.9. The van der Waals surface area contributed by atoms with Crippen LogP contribution in [0.3, 0.4) is 0 Å². The Labute approximate surface area is 188 Å². The number of hydrogen-bond donors (Lipinski definition) is 1. The number of aryl methyl sites for hydroxylation is 1. The first kappa shape index (κ1) is 22.3. The molecule has 3 aliphatic heterocycles. The average Bonchev–Trinajstić information content (AvgIpc) is 3.04. The molecule has 8 nitrogen and oxygen atoms in total. The standard InChI is InChI=1S/C24H32N4O4/c1-3-20(29)26-13-10-24(11-14-26)22(31)28(23(32)25-24)19-9-6-12-27(16-19)21(30)15-18-8-5-4-7-17(18)2/h4-5,7-8,19H,3,6,9-16H2,1-2H3,(H,25,32)/t19-/m1/s1. The Morgan fingerprint density at radius 1 is 1.06 bits per heavy atom. The van der Waals surface area contributed by atoms with Gasteiger partial charge in [0.2, 0.25) is 11.8 Å². The fourth-order valence-electron chi connectivity index (χ4n) is 5.15. The maximum absolute atomic E-state index is 13.4. The number of nitrogens with zero attached hydrogens (tertiary/aromatic N) is 3. The first-order valence-corrected chi connectivity index (χ1v) is 11.6. The van der Waals surface area contributed by atoms with E-state index in [-0.39, 0.29) is 29.8 Å². The van der Waals surface area contributed by atoms with Crippen LogP contribution >= 0.6 is 0 Å². The highest BCUT2D eigenvalue weighted by Crippen LogP contribution is 2.32. The molecule has 0 radical (unpaired) electrons. The van der Waals surface area contributed by atoms with E-state index >= 15 is 0 Å². The molecular formula is C24H32N4O4. The van der Waals surface area contributed by atoms with Gasteiger partial charge in [0.25, 0.3) is 5.91 Å². The number of rotatable bonds is 4. The van der Waals surface area contributed by atoms with Crippen LogP contribution in [0.25, 0.3) is 0 Å². The Kier molecular flexibility index (Phi) is 6.22. The molecule has 3 saturated heterocycles. The Balaban J connectivity index is 1.42. The third kappa shape index (κ3) is 4.10. The van der Waals surface area contributed by atoms with E-state index in [2.05, 4.69) is 5.32 Å². The van der Waals surface area contributed by atoms with Crippen molar-refractivity contribution in [3.63, 3.8) is 0 Å². The van der Waals surface area contributed by atoms with Crippen LogP contribution in [0.5, 0.6) is 0 Å². The SMILES string of the molecule is CCC(=O)N1CCC2(CC1)NC(=O)N([C@@H]1CCCN(C(=O)Cc3ccccc3C)C1)C2=O. The lowest BCUT2D eigenvalue weighted by Gasteiger charge is -2.39. The summed E-state index contributed by atoms with van der Waals surface area (Å²) in [6.07, 6.45) is 3.08. The molecule has 1 aromatic carbocycles. The van der Waals surface area contributed by atoms with Crippen LogP contribution in [-0.2, 0) is 20.8 Å². The van der Waals surface area contributed by atoms with Crippen molar-refractivity contribution in [3.05, 3.63) is 35.4 Å². The van der Waals surface area contributed by atoms with E-state index in [0.29, 0.717) is 58.3 Å². The minimum Gasteiger partial charge on any atom is -0.343 e. The number of carbonyl (C=O) groups is 4. The smallest absolute Gasteiger partial charge is 0.325 e. The second-order valence-corrected chi connectivity index (χ2v) is 9.16. The molecule has 0 aliphatic carbocycles. The van der Waals surface area contributed by atoms with Crippen molar-refractivity contribution in [1.82, 2.24) is 20.0 Å². The fraction of sp³-hybridized carbons (Fsp3) is 0.583. The maximum Gasteiger partial charge on any atom is 0.325 e. The van der Waals surface area contributed by atoms with E-state index in [1.165, 1.54) is 4.90 Å². The molecule has 0 unspecified atom stereocenters. The second kappa shape index (κ2) is 8.92. The van der Waals surface area contributed by atoms with Crippen LogP contribution in [0.4, 0.5) is 4.79 Å². The Morgan fingerprint density at radius 3 is 2.47 bits per heavy atom. The number of amides is 5. The van der Waals surface area contributed by atoms with Crippen molar-refractivity contribution in [2.75, 3.05) is 26.2 Å². The van der Waals surface area contributed by atoms with E-state index in [9.17, 15) is 19.2 Å². The van der Waals surface area contributed by atoms with Gasteiger partial charge in [0, 0.05) is 32.6 Å². The zero-order valence-corrected chi connectivity index (χ0v) is 18.9. The molecule has 1 spiro atoms. The number of nitrogens with one attached hydrogen (secondary N) is 1. The molecule has 0 saturated carbocycles. The molecule has 1 atom stereocenters. The summed E-state index contributed by atoms with van der Waals surface area (Å²) < 4.78 is 0. The van der Waals surface area contributed by atoms with Crippen molar-refractivity contribution >= 4 is 23.8 Å².